The highest BCUT2D eigenvalue weighted by Gasteiger charge is 2.34. The van der Waals surface area contributed by atoms with Gasteiger partial charge in [0, 0.05) is 23.2 Å². The monoisotopic (exact) mass is 362 g/mol. The fourth-order valence-corrected chi connectivity index (χ4v) is 4.28. The summed E-state index contributed by atoms with van der Waals surface area (Å²) >= 11 is 1.51. The van der Waals surface area contributed by atoms with Gasteiger partial charge in [-0.15, -0.1) is 11.8 Å². The molecule has 2 fully saturated rings. The van der Waals surface area contributed by atoms with E-state index in [9.17, 15) is 9.59 Å². The van der Waals surface area contributed by atoms with E-state index in [-0.39, 0.29) is 18.1 Å². The first-order chi connectivity index (χ1) is 12.1. The zero-order valence-electron chi connectivity index (χ0n) is 13.9. The van der Waals surface area contributed by atoms with Gasteiger partial charge in [0.2, 0.25) is 5.91 Å². The van der Waals surface area contributed by atoms with Gasteiger partial charge in [-0.2, -0.15) is 0 Å². The minimum absolute atomic E-state index is 0.0140. The lowest BCUT2D eigenvalue weighted by Gasteiger charge is -2.31. The van der Waals surface area contributed by atoms with Crippen molar-refractivity contribution in [2.24, 2.45) is 5.73 Å². The Morgan fingerprint density at radius 2 is 2.08 bits per heavy atom. The Labute approximate surface area is 150 Å². The lowest BCUT2D eigenvalue weighted by molar-refractivity contribution is -0.113. The number of likely N-dealkylation sites (tertiary alicyclic amines) is 1. The van der Waals surface area contributed by atoms with Crippen LogP contribution in [0, 0.1) is 0 Å². The highest BCUT2D eigenvalue weighted by molar-refractivity contribution is 8.00. The molecule has 3 aliphatic heterocycles. The summed E-state index contributed by atoms with van der Waals surface area (Å²) in [6.45, 7) is 3.18. The molecule has 0 bridgehead atoms. The van der Waals surface area contributed by atoms with Crippen LogP contribution in [0.25, 0.3) is 0 Å². The highest BCUT2D eigenvalue weighted by atomic mass is 32.2. The number of fused-ring (bicyclic) bond motifs is 1. The topological polar surface area (TPSA) is 87.9 Å². The van der Waals surface area contributed by atoms with Gasteiger partial charge >= 0.3 is 6.09 Å². The van der Waals surface area contributed by atoms with Crippen LogP contribution in [-0.2, 0) is 9.53 Å². The Morgan fingerprint density at radius 3 is 2.88 bits per heavy atom. The Hall–Kier alpha value is -1.77. The zero-order chi connectivity index (χ0) is 17.4. The summed E-state index contributed by atoms with van der Waals surface area (Å²) in [5.41, 5.74) is 7.46. The molecule has 0 unspecified atom stereocenters. The van der Waals surface area contributed by atoms with Gasteiger partial charge in [0.1, 0.15) is 6.10 Å². The number of benzene rings is 1. The van der Waals surface area contributed by atoms with E-state index in [1.54, 1.807) is 4.90 Å². The molecule has 3 aliphatic rings. The largest absolute Gasteiger partial charge is 0.443 e. The standard InChI is InChI=1S/C17H22N4O3S/c18-11-3-5-20(6-4-11)8-13-9-21(17(23)24-13)12-1-2-15-14(7-12)19-16(22)10-25-15/h1-2,7,11,13H,3-6,8-10,18H2,(H,19,22)/t13-/m1/s1. The van der Waals surface area contributed by atoms with Crippen molar-refractivity contribution in [1.29, 1.82) is 0 Å². The molecule has 0 aromatic heterocycles. The second-order valence-electron chi connectivity index (χ2n) is 6.77. The van der Waals surface area contributed by atoms with Crippen LogP contribution in [0.4, 0.5) is 16.2 Å². The number of nitrogens with zero attached hydrogens (tertiary/aromatic N) is 2. The van der Waals surface area contributed by atoms with Crippen molar-refractivity contribution in [3.05, 3.63) is 18.2 Å². The minimum atomic E-state index is -0.326. The van der Waals surface area contributed by atoms with Crippen molar-refractivity contribution in [3.8, 4) is 0 Å². The number of hydrogen-bond acceptors (Lipinski definition) is 6. The molecule has 2 amide bonds. The number of anilines is 2. The van der Waals surface area contributed by atoms with Crippen LogP contribution < -0.4 is 16.0 Å². The van der Waals surface area contributed by atoms with Gasteiger partial charge in [-0.25, -0.2) is 4.79 Å². The van der Waals surface area contributed by atoms with Crippen molar-refractivity contribution < 1.29 is 14.3 Å². The predicted octanol–water partition coefficient (Wildman–Crippen LogP) is 1.48. The van der Waals surface area contributed by atoms with Gasteiger partial charge in [0.05, 0.1) is 18.0 Å². The molecular weight excluding hydrogens is 340 g/mol. The van der Waals surface area contributed by atoms with E-state index < -0.39 is 0 Å². The summed E-state index contributed by atoms with van der Waals surface area (Å²) in [6, 6.07) is 6.00. The second-order valence-corrected chi connectivity index (χ2v) is 7.79. The van der Waals surface area contributed by atoms with Crippen molar-refractivity contribution in [1.82, 2.24) is 4.90 Å². The molecule has 2 saturated heterocycles. The maximum Gasteiger partial charge on any atom is 0.414 e. The SMILES string of the molecule is NC1CCN(C[C@@H]2CN(c3ccc4c(c3)NC(=O)CS4)C(=O)O2)CC1. The molecule has 8 heteroatoms. The number of cyclic esters (lactones) is 1. The van der Waals surface area contributed by atoms with Crippen LogP contribution in [0.1, 0.15) is 12.8 Å². The Bertz CT molecular complexity index is 690. The number of piperidine rings is 1. The lowest BCUT2D eigenvalue weighted by atomic mass is 10.1. The molecule has 0 spiro atoms. The van der Waals surface area contributed by atoms with Gasteiger partial charge in [-0.05, 0) is 44.1 Å². The van der Waals surface area contributed by atoms with Crippen LogP contribution in [0.2, 0.25) is 0 Å². The summed E-state index contributed by atoms with van der Waals surface area (Å²) in [5.74, 6) is 0.416. The van der Waals surface area contributed by atoms with E-state index in [0.717, 1.165) is 48.7 Å². The second kappa shape index (κ2) is 6.86. The third kappa shape index (κ3) is 3.61. The first kappa shape index (κ1) is 16.7. The molecule has 25 heavy (non-hydrogen) atoms. The van der Waals surface area contributed by atoms with Crippen LogP contribution in [-0.4, -0.2) is 61.0 Å². The van der Waals surface area contributed by atoms with Crippen LogP contribution in [0.3, 0.4) is 0 Å². The van der Waals surface area contributed by atoms with Gasteiger partial charge < -0.3 is 15.8 Å². The number of thioether (sulfide) groups is 1. The van der Waals surface area contributed by atoms with Crippen LogP contribution >= 0.6 is 11.8 Å². The number of rotatable bonds is 3. The summed E-state index contributed by atoms with van der Waals surface area (Å²) in [6.07, 6.45) is 1.52. The average molecular weight is 362 g/mol. The number of carbonyl (C=O) groups is 2. The molecule has 134 valence electrons. The third-order valence-electron chi connectivity index (χ3n) is 4.88. The van der Waals surface area contributed by atoms with Gasteiger partial charge in [-0.3, -0.25) is 14.6 Å². The molecule has 0 radical (unpaired) electrons. The Balaban J connectivity index is 1.42. The summed E-state index contributed by atoms with van der Waals surface area (Å²) in [5, 5.41) is 2.86. The Morgan fingerprint density at radius 1 is 1.28 bits per heavy atom. The summed E-state index contributed by atoms with van der Waals surface area (Å²) < 4.78 is 5.54. The molecule has 4 rings (SSSR count). The summed E-state index contributed by atoms with van der Waals surface area (Å²) in [4.78, 5) is 28.8. The van der Waals surface area contributed by atoms with Gasteiger partial charge in [0.25, 0.3) is 0 Å². The van der Waals surface area contributed by atoms with E-state index in [4.69, 9.17) is 10.5 Å². The first-order valence-electron chi connectivity index (χ1n) is 8.61. The fourth-order valence-electron chi connectivity index (χ4n) is 3.49. The quantitative estimate of drug-likeness (QED) is 0.847. The van der Waals surface area contributed by atoms with Crippen molar-refractivity contribution in [3.63, 3.8) is 0 Å². The molecule has 0 aliphatic carbocycles. The average Bonchev–Trinajstić information content (AvgIpc) is 2.96. The van der Waals surface area contributed by atoms with Crippen molar-refractivity contribution in [2.45, 2.75) is 29.9 Å². The lowest BCUT2D eigenvalue weighted by Crippen LogP contribution is -2.43. The van der Waals surface area contributed by atoms with E-state index >= 15 is 0 Å². The molecule has 7 nitrogen and oxygen atoms in total. The number of hydrogen-bond donors (Lipinski definition) is 2. The molecule has 1 atom stereocenters. The zero-order valence-corrected chi connectivity index (χ0v) is 14.8. The molecule has 1 aromatic rings. The van der Waals surface area contributed by atoms with E-state index in [2.05, 4.69) is 10.2 Å². The third-order valence-corrected chi connectivity index (χ3v) is 5.95. The molecular formula is C17H22N4O3S. The highest BCUT2D eigenvalue weighted by Crippen LogP contribution is 2.35. The van der Waals surface area contributed by atoms with E-state index in [1.165, 1.54) is 11.8 Å². The summed E-state index contributed by atoms with van der Waals surface area (Å²) in [7, 11) is 0. The van der Waals surface area contributed by atoms with Crippen LogP contribution in [0.15, 0.2) is 23.1 Å². The fraction of sp³-hybridized carbons (Fsp3) is 0.529. The number of ether oxygens (including phenoxy) is 1. The molecule has 3 heterocycles. The number of carbonyl (C=O) groups excluding carboxylic acids is 2. The van der Waals surface area contributed by atoms with Gasteiger partial charge in [-0.1, -0.05) is 0 Å². The van der Waals surface area contributed by atoms with E-state index in [1.807, 2.05) is 18.2 Å². The smallest absolute Gasteiger partial charge is 0.414 e. The first-order valence-corrected chi connectivity index (χ1v) is 9.60. The molecule has 3 N–H and O–H groups in total. The number of amides is 2. The minimum Gasteiger partial charge on any atom is -0.443 e. The number of nitrogens with one attached hydrogen (secondary N) is 1. The normalized spacial score (nSPS) is 24.8. The molecule has 0 saturated carbocycles. The van der Waals surface area contributed by atoms with E-state index in [0.29, 0.717) is 18.3 Å². The number of nitrogens with two attached hydrogens (primary N) is 1. The maximum absolute atomic E-state index is 12.3. The predicted molar refractivity (Wildman–Crippen MR) is 97.1 cm³/mol. The van der Waals surface area contributed by atoms with Gasteiger partial charge in [0.15, 0.2) is 0 Å². The van der Waals surface area contributed by atoms with Crippen LogP contribution in [0.5, 0.6) is 0 Å². The molecule has 1 aromatic carbocycles. The van der Waals surface area contributed by atoms with Crippen molar-refractivity contribution in [2.75, 3.05) is 42.1 Å². The van der Waals surface area contributed by atoms with Crippen molar-refractivity contribution >= 4 is 35.1 Å². The maximum atomic E-state index is 12.3. The Kier molecular flexibility index (Phi) is 4.58.